The van der Waals surface area contributed by atoms with Crippen LogP contribution in [0.15, 0.2) is 48.7 Å². The first-order valence-corrected chi connectivity index (χ1v) is 9.78. The molecule has 0 aliphatic carbocycles. The molecular formula is C22H27N3O3. The van der Waals surface area contributed by atoms with E-state index in [1.54, 1.807) is 7.11 Å². The van der Waals surface area contributed by atoms with Crippen molar-refractivity contribution in [3.8, 4) is 17.0 Å². The van der Waals surface area contributed by atoms with Gasteiger partial charge < -0.3 is 19.4 Å². The highest BCUT2D eigenvalue weighted by Crippen LogP contribution is 2.29. The molecule has 3 heterocycles. The van der Waals surface area contributed by atoms with Gasteiger partial charge in [0.25, 0.3) is 0 Å². The molecule has 1 atom stereocenters. The number of imidazole rings is 1. The summed E-state index contributed by atoms with van der Waals surface area (Å²) >= 11 is 0. The Kier molecular flexibility index (Phi) is 5.35. The number of pyridine rings is 1. The van der Waals surface area contributed by atoms with E-state index in [2.05, 4.69) is 9.30 Å². The quantitative estimate of drug-likeness (QED) is 0.711. The summed E-state index contributed by atoms with van der Waals surface area (Å²) in [5.74, 6) is 0.824. The van der Waals surface area contributed by atoms with E-state index in [0.29, 0.717) is 12.8 Å². The summed E-state index contributed by atoms with van der Waals surface area (Å²) < 4.78 is 7.42. The number of aliphatic hydroxyl groups excluding tert-OH is 1. The van der Waals surface area contributed by atoms with E-state index in [0.717, 1.165) is 54.4 Å². The average Bonchev–Trinajstić information content (AvgIpc) is 2.99. The molecule has 6 nitrogen and oxygen atoms in total. The van der Waals surface area contributed by atoms with E-state index >= 15 is 0 Å². The third kappa shape index (κ3) is 3.76. The number of hydrogen-bond acceptors (Lipinski definition) is 5. The SMILES string of the molecule is COc1ccc(-c2nc3ccccn3c2CN2CCC[C@@](O)(CO)CC2)cc1. The van der Waals surface area contributed by atoms with Crippen molar-refractivity contribution in [1.29, 1.82) is 0 Å². The molecule has 0 saturated carbocycles. The van der Waals surface area contributed by atoms with Crippen molar-refractivity contribution in [2.75, 3.05) is 26.8 Å². The fourth-order valence-electron chi connectivity index (χ4n) is 3.94. The molecule has 0 unspecified atom stereocenters. The average molecular weight is 381 g/mol. The largest absolute Gasteiger partial charge is 0.497 e. The number of aliphatic hydroxyl groups is 2. The van der Waals surface area contributed by atoms with Crippen LogP contribution in [0.1, 0.15) is 25.0 Å². The van der Waals surface area contributed by atoms with Gasteiger partial charge in [-0.05, 0) is 62.2 Å². The van der Waals surface area contributed by atoms with Gasteiger partial charge in [0.15, 0.2) is 0 Å². The molecule has 4 rings (SSSR count). The van der Waals surface area contributed by atoms with E-state index in [4.69, 9.17) is 9.72 Å². The van der Waals surface area contributed by atoms with Gasteiger partial charge in [-0.25, -0.2) is 4.98 Å². The van der Waals surface area contributed by atoms with Gasteiger partial charge in [0.1, 0.15) is 11.4 Å². The Bertz CT molecular complexity index is 938. The maximum atomic E-state index is 10.5. The van der Waals surface area contributed by atoms with Crippen LogP contribution in [0.4, 0.5) is 0 Å². The lowest BCUT2D eigenvalue weighted by Gasteiger charge is -2.24. The number of fused-ring (bicyclic) bond motifs is 1. The third-order valence-electron chi connectivity index (χ3n) is 5.67. The first-order chi connectivity index (χ1) is 13.6. The van der Waals surface area contributed by atoms with Crippen molar-refractivity contribution < 1.29 is 14.9 Å². The van der Waals surface area contributed by atoms with Gasteiger partial charge in [0.05, 0.1) is 30.7 Å². The number of rotatable bonds is 5. The van der Waals surface area contributed by atoms with Crippen LogP contribution in [-0.2, 0) is 6.54 Å². The molecule has 0 spiro atoms. The minimum Gasteiger partial charge on any atom is -0.497 e. The molecule has 2 aromatic heterocycles. The Morgan fingerprint density at radius 1 is 1.11 bits per heavy atom. The lowest BCUT2D eigenvalue weighted by atomic mass is 9.96. The first kappa shape index (κ1) is 18.9. The molecule has 1 saturated heterocycles. The van der Waals surface area contributed by atoms with Gasteiger partial charge in [-0.3, -0.25) is 4.90 Å². The third-order valence-corrected chi connectivity index (χ3v) is 5.67. The van der Waals surface area contributed by atoms with E-state index in [1.807, 2.05) is 48.7 Å². The number of likely N-dealkylation sites (tertiary alicyclic amines) is 1. The van der Waals surface area contributed by atoms with E-state index in [-0.39, 0.29) is 6.61 Å². The van der Waals surface area contributed by atoms with Crippen LogP contribution >= 0.6 is 0 Å². The topological polar surface area (TPSA) is 70.2 Å². The predicted molar refractivity (Wildman–Crippen MR) is 108 cm³/mol. The molecular weight excluding hydrogens is 354 g/mol. The minimum absolute atomic E-state index is 0.173. The number of nitrogens with zero attached hydrogens (tertiary/aromatic N) is 3. The van der Waals surface area contributed by atoms with Crippen LogP contribution < -0.4 is 4.74 Å². The van der Waals surface area contributed by atoms with E-state index in [1.165, 1.54) is 0 Å². The van der Waals surface area contributed by atoms with Gasteiger partial charge in [0, 0.05) is 24.8 Å². The standard InChI is InChI=1S/C22H27N3O3/c1-28-18-8-6-17(7-9-18)21-19(25-13-3-2-5-20(25)23-21)15-24-12-4-10-22(27,16-26)11-14-24/h2-3,5-9,13,26-27H,4,10-12,14-16H2,1H3/t22-/m0/s1. The Balaban J connectivity index is 1.67. The van der Waals surface area contributed by atoms with Crippen LogP contribution in [0.2, 0.25) is 0 Å². The first-order valence-electron chi connectivity index (χ1n) is 9.78. The number of methoxy groups -OCH3 is 1. The Morgan fingerprint density at radius 2 is 1.93 bits per heavy atom. The molecule has 0 amide bonds. The van der Waals surface area contributed by atoms with Crippen LogP contribution in [0.25, 0.3) is 16.9 Å². The van der Waals surface area contributed by atoms with Crippen molar-refractivity contribution in [2.45, 2.75) is 31.4 Å². The van der Waals surface area contributed by atoms with Crippen molar-refractivity contribution >= 4 is 5.65 Å². The normalized spacial score (nSPS) is 21.0. The molecule has 148 valence electrons. The fourth-order valence-corrected chi connectivity index (χ4v) is 3.94. The smallest absolute Gasteiger partial charge is 0.137 e. The van der Waals surface area contributed by atoms with Crippen molar-refractivity contribution in [3.63, 3.8) is 0 Å². The Labute approximate surface area is 165 Å². The summed E-state index contributed by atoms with van der Waals surface area (Å²) in [4.78, 5) is 7.22. The van der Waals surface area contributed by atoms with Gasteiger partial charge in [-0.15, -0.1) is 0 Å². The zero-order valence-electron chi connectivity index (χ0n) is 16.2. The lowest BCUT2D eigenvalue weighted by Crippen LogP contribution is -2.34. The molecule has 1 aliphatic heterocycles. The van der Waals surface area contributed by atoms with E-state index < -0.39 is 5.60 Å². The molecule has 2 N–H and O–H groups in total. The molecule has 0 bridgehead atoms. The highest BCUT2D eigenvalue weighted by Gasteiger charge is 2.30. The van der Waals surface area contributed by atoms with Crippen molar-refractivity contribution in [3.05, 3.63) is 54.4 Å². The molecule has 6 heteroatoms. The summed E-state index contributed by atoms with van der Waals surface area (Å²) in [5.41, 5.74) is 3.13. The highest BCUT2D eigenvalue weighted by molar-refractivity contribution is 5.67. The highest BCUT2D eigenvalue weighted by atomic mass is 16.5. The van der Waals surface area contributed by atoms with E-state index in [9.17, 15) is 10.2 Å². The molecule has 28 heavy (non-hydrogen) atoms. The number of hydrogen-bond donors (Lipinski definition) is 2. The molecule has 0 radical (unpaired) electrons. The van der Waals surface area contributed by atoms with Gasteiger partial charge >= 0.3 is 0 Å². The van der Waals surface area contributed by atoms with Crippen LogP contribution in [0.3, 0.4) is 0 Å². The predicted octanol–water partition coefficient (Wildman–Crippen LogP) is 2.72. The maximum Gasteiger partial charge on any atom is 0.137 e. The molecule has 1 aliphatic rings. The molecule has 1 aromatic carbocycles. The second kappa shape index (κ2) is 7.91. The number of benzene rings is 1. The monoisotopic (exact) mass is 381 g/mol. The Morgan fingerprint density at radius 3 is 2.68 bits per heavy atom. The van der Waals surface area contributed by atoms with Crippen molar-refractivity contribution in [2.24, 2.45) is 0 Å². The summed E-state index contributed by atoms with van der Waals surface area (Å²) in [6.45, 7) is 2.21. The van der Waals surface area contributed by atoms with Gasteiger partial charge in [-0.2, -0.15) is 0 Å². The zero-order chi connectivity index (χ0) is 19.6. The molecule has 1 fully saturated rings. The van der Waals surface area contributed by atoms with Gasteiger partial charge in [0.2, 0.25) is 0 Å². The second-order valence-corrected chi connectivity index (χ2v) is 7.58. The fraction of sp³-hybridized carbons (Fsp3) is 0.409. The van der Waals surface area contributed by atoms with Crippen molar-refractivity contribution in [1.82, 2.24) is 14.3 Å². The lowest BCUT2D eigenvalue weighted by molar-refractivity contribution is -0.0255. The van der Waals surface area contributed by atoms with Crippen LogP contribution in [0, 0.1) is 0 Å². The Hall–Kier alpha value is -2.41. The number of ether oxygens (including phenoxy) is 1. The summed E-state index contributed by atoms with van der Waals surface area (Å²) in [6.07, 6.45) is 4.13. The summed E-state index contributed by atoms with van der Waals surface area (Å²) in [6, 6.07) is 14.0. The van der Waals surface area contributed by atoms with Gasteiger partial charge in [-0.1, -0.05) is 6.07 Å². The molecule has 3 aromatic rings. The minimum atomic E-state index is -0.951. The summed E-state index contributed by atoms with van der Waals surface area (Å²) in [7, 11) is 1.66. The number of aromatic nitrogens is 2. The summed E-state index contributed by atoms with van der Waals surface area (Å²) in [5, 5.41) is 20.0. The second-order valence-electron chi connectivity index (χ2n) is 7.58. The van der Waals surface area contributed by atoms with Crippen LogP contribution in [-0.4, -0.2) is 56.9 Å². The zero-order valence-corrected chi connectivity index (χ0v) is 16.2. The van der Waals surface area contributed by atoms with Crippen LogP contribution in [0.5, 0.6) is 5.75 Å². The maximum absolute atomic E-state index is 10.5.